The van der Waals surface area contributed by atoms with Gasteiger partial charge in [0.2, 0.25) is 5.91 Å². The van der Waals surface area contributed by atoms with E-state index in [1.54, 1.807) is 12.1 Å². The molecule has 1 amide bonds. The molecule has 0 bridgehead atoms. The van der Waals surface area contributed by atoms with E-state index in [-0.39, 0.29) is 36.1 Å². The monoisotopic (exact) mass is 376 g/mol. The van der Waals surface area contributed by atoms with Crippen molar-refractivity contribution in [2.24, 2.45) is 0 Å². The quantitative estimate of drug-likeness (QED) is 0.829. The molecule has 1 aliphatic heterocycles. The van der Waals surface area contributed by atoms with E-state index in [9.17, 15) is 13.6 Å². The summed E-state index contributed by atoms with van der Waals surface area (Å²) in [5.41, 5.74) is 1.95. The third-order valence-corrected chi connectivity index (χ3v) is 4.42. The molecule has 2 unspecified atom stereocenters. The molecule has 2 aliphatic rings. The fourth-order valence-electron chi connectivity index (χ4n) is 3.34. The molecule has 1 aromatic carbocycles. The number of amides is 1. The second-order valence-electron chi connectivity index (χ2n) is 6.18. The number of alkyl halides is 2. The minimum Gasteiger partial charge on any atom is -0.435 e. The highest BCUT2D eigenvalue weighted by molar-refractivity contribution is 5.85. The zero-order chi connectivity index (χ0) is 16.9. The van der Waals surface area contributed by atoms with E-state index in [4.69, 9.17) is 4.74 Å². The van der Waals surface area contributed by atoms with Crippen LogP contribution in [0.5, 0.6) is 5.75 Å². The van der Waals surface area contributed by atoms with Crippen molar-refractivity contribution in [3.8, 4) is 5.75 Å². The van der Waals surface area contributed by atoms with Gasteiger partial charge in [0, 0.05) is 19.0 Å². The number of benzene rings is 1. The van der Waals surface area contributed by atoms with Crippen molar-refractivity contribution in [1.82, 2.24) is 10.6 Å². The minimum absolute atomic E-state index is 0. The number of fused-ring (bicyclic) bond motifs is 1. The van der Waals surface area contributed by atoms with E-state index in [2.05, 4.69) is 15.4 Å². The van der Waals surface area contributed by atoms with Gasteiger partial charge in [-0.3, -0.25) is 4.79 Å². The molecule has 2 atom stereocenters. The Labute approximate surface area is 151 Å². The lowest BCUT2D eigenvalue weighted by Gasteiger charge is -2.28. The van der Waals surface area contributed by atoms with Crippen molar-refractivity contribution >= 4 is 18.3 Å². The molecule has 140 valence electrons. The van der Waals surface area contributed by atoms with Crippen molar-refractivity contribution in [2.45, 2.75) is 44.4 Å². The molecule has 0 radical (unpaired) electrons. The molecule has 0 aromatic heterocycles. The van der Waals surface area contributed by atoms with E-state index >= 15 is 0 Å². The van der Waals surface area contributed by atoms with Crippen LogP contribution in [0.4, 0.5) is 8.78 Å². The summed E-state index contributed by atoms with van der Waals surface area (Å²) in [6.07, 6.45) is 2.93. The topological polar surface area (TPSA) is 59.6 Å². The lowest BCUT2D eigenvalue weighted by molar-refractivity contribution is -0.123. The summed E-state index contributed by atoms with van der Waals surface area (Å²) in [5, 5.41) is 6.32. The average Bonchev–Trinajstić information content (AvgIpc) is 2.55. The molecule has 3 rings (SSSR count). The van der Waals surface area contributed by atoms with Crippen LogP contribution in [0.15, 0.2) is 18.2 Å². The zero-order valence-electron chi connectivity index (χ0n) is 13.8. The van der Waals surface area contributed by atoms with Crippen molar-refractivity contribution in [3.05, 3.63) is 29.3 Å². The first-order chi connectivity index (χ1) is 11.6. The predicted octanol–water partition coefficient (Wildman–Crippen LogP) is 2.58. The van der Waals surface area contributed by atoms with Crippen LogP contribution in [-0.4, -0.2) is 38.3 Å². The van der Waals surface area contributed by atoms with Crippen molar-refractivity contribution in [1.29, 1.82) is 0 Å². The summed E-state index contributed by atoms with van der Waals surface area (Å²) < 4.78 is 34.5. The maximum Gasteiger partial charge on any atom is 0.387 e. The Kier molecular flexibility index (Phi) is 7.40. The van der Waals surface area contributed by atoms with Crippen LogP contribution in [0, 0.1) is 0 Å². The van der Waals surface area contributed by atoms with Crippen LogP contribution in [0.1, 0.15) is 36.4 Å². The van der Waals surface area contributed by atoms with E-state index in [1.165, 1.54) is 6.07 Å². The molecule has 25 heavy (non-hydrogen) atoms. The highest BCUT2D eigenvalue weighted by Crippen LogP contribution is 2.32. The lowest BCUT2D eigenvalue weighted by atomic mass is 9.87. The van der Waals surface area contributed by atoms with E-state index in [0.29, 0.717) is 19.6 Å². The molecule has 1 aliphatic carbocycles. The Bertz CT molecular complexity index is 583. The number of nitrogens with one attached hydrogen (secondary N) is 2. The molecule has 8 heteroatoms. The third-order valence-electron chi connectivity index (χ3n) is 4.42. The Morgan fingerprint density at radius 2 is 2.28 bits per heavy atom. The van der Waals surface area contributed by atoms with Gasteiger partial charge in [0.25, 0.3) is 0 Å². The van der Waals surface area contributed by atoms with Crippen molar-refractivity contribution < 1.29 is 23.0 Å². The van der Waals surface area contributed by atoms with Crippen LogP contribution >= 0.6 is 12.4 Å². The van der Waals surface area contributed by atoms with Gasteiger partial charge in [0.15, 0.2) is 0 Å². The van der Waals surface area contributed by atoms with Gasteiger partial charge >= 0.3 is 6.61 Å². The van der Waals surface area contributed by atoms with E-state index in [0.717, 1.165) is 36.9 Å². The molecule has 1 saturated heterocycles. The van der Waals surface area contributed by atoms with Crippen LogP contribution in [0.3, 0.4) is 0 Å². The van der Waals surface area contributed by atoms with E-state index in [1.807, 2.05) is 0 Å². The molecule has 1 heterocycles. The predicted molar refractivity (Wildman–Crippen MR) is 91.4 cm³/mol. The number of carbonyl (C=O) groups excluding carboxylic acids is 1. The molecule has 1 aromatic rings. The van der Waals surface area contributed by atoms with Crippen LogP contribution in [0.25, 0.3) is 0 Å². The SMILES string of the molecule is Cl.O=C(CC1COCCN1)NC1CCCc2cc(OC(F)F)ccc21. The van der Waals surface area contributed by atoms with Crippen LogP contribution < -0.4 is 15.4 Å². The van der Waals surface area contributed by atoms with Gasteiger partial charge in [-0.1, -0.05) is 6.07 Å². The largest absolute Gasteiger partial charge is 0.435 e. The number of ether oxygens (including phenoxy) is 2. The zero-order valence-corrected chi connectivity index (χ0v) is 14.6. The lowest BCUT2D eigenvalue weighted by Crippen LogP contribution is -2.44. The number of hydrogen-bond donors (Lipinski definition) is 2. The summed E-state index contributed by atoms with van der Waals surface area (Å²) in [6, 6.07) is 4.93. The smallest absolute Gasteiger partial charge is 0.387 e. The summed E-state index contributed by atoms with van der Waals surface area (Å²) >= 11 is 0. The number of halogens is 3. The first-order valence-electron chi connectivity index (χ1n) is 8.30. The minimum atomic E-state index is -2.83. The Hall–Kier alpha value is -1.44. The van der Waals surface area contributed by atoms with Gasteiger partial charge in [0.05, 0.1) is 19.3 Å². The van der Waals surface area contributed by atoms with Gasteiger partial charge in [-0.05, 0) is 42.5 Å². The second-order valence-corrected chi connectivity index (χ2v) is 6.18. The Balaban J connectivity index is 0.00000225. The standard InChI is InChI=1S/C17H22F2N2O3.ClH/c18-17(19)24-13-4-5-14-11(8-13)2-1-3-15(14)21-16(22)9-12-10-23-7-6-20-12;/h4-5,8,12,15,17,20H,1-3,6-7,9-10H2,(H,21,22);1H. The van der Waals surface area contributed by atoms with E-state index < -0.39 is 6.61 Å². The molecular weight excluding hydrogens is 354 g/mol. The number of aryl methyl sites for hydroxylation is 1. The number of rotatable bonds is 5. The molecule has 2 N–H and O–H groups in total. The molecule has 5 nitrogen and oxygen atoms in total. The normalized spacial score (nSPS) is 22.7. The first kappa shape index (κ1) is 19.9. The van der Waals surface area contributed by atoms with Gasteiger partial charge in [-0.2, -0.15) is 8.78 Å². The van der Waals surface area contributed by atoms with Gasteiger partial charge in [-0.25, -0.2) is 0 Å². The highest BCUT2D eigenvalue weighted by Gasteiger charge is 2.24. The number of carbonyl (C=O) groups is 1. The van der Waals surface area contributed by atoms with Crippen molar-refractivity contribution in [2.75, 3.05) is 19.8 Å². The van der Waals surface area contributed by atoms with Gasteiger partial charge < -0.3 is 20.1 Å². The third kappa shape index (κ3) is 5.52. The number of hydrogen-bond acceptors (Lipinski definition) is 4. The fourth-order valence-corrected chi connectivity index (χ4v) is 3.34. The Morgan fingerprint density at radius 1 is 1.44 bits per heavy atom. The number of morpholine rings is 1. The summed E-state index contributed by atoms with van der Waals surface area (Å²) in [7, 11) is 0. The second kappa shape index (κ2) is 9.31. The van der Waals surface area contributed by atoms with Crippen LogP contribution in [-0.2, 0) is 16.0 Å². The van der Waals surface area contributed by atoms with Crippen molar-refractivity contribution in [3.63, 3.8) is 0 Å². The van der Waals surface area contributed by atoms with Gasteiger partial charge in [0.1, 0.15) is 5.75 Å². The van der Waals surface area contributed by atoms with Crippen LogP contribution in [0.2, 0.25) is 0 Å². The van der Waals surface area contributed by atoms with Gasteiger partial charge in [-0.15, -0.1) is 12.4 Å². The maximum atomic E-state index is 12.3. The first-order valence-corrected chi connectivity index (χ1v) is 8.30. The average molecular weight is 377 g/mol. The molecule has 1 fully saturated rings. The fraction of sp³-hybridized carbons (Fsp3) is 0.588. The molecule has 0 spiro atoms. The molecular formula is C17H23ClF2N2O3. The summed E-state index contributed by atoms with van der Waals surface area (Å²) in [6.45, 7) is -0.843. The maximum absolute atomic E-state index is 12.3. The highest BCUT2D eigenvalue weighted by atomic mass is 35.5. The molecule has 0 saturated carbocycles. The Morgan fingerprint density at radius 3 is 3.00 bits per heavy atom. The summed E-state index contributed by atoms with van der Waals surface area (Å²) in [5.74, 6) is 0.142. The summed E-state index contributed by atoms with van der Waals surface area (Å²) in [4.78, 5) is 12.3.